The van der Waals surface area contributed by atoms with Crippen molar-refractivity contribution in [3.63, 3.8) is 0 Å². The lowest BCUT2D eigenvalue weighted by Gasteiger charge is -2.01. The highest BCUT2D eigenvalue weighted by Crippen LogP contribution is 2.13. The van der Waals surface area contributed by atoms with Crippen LogP contribution in [-0.4, -0.2) is 13.4 Å². The molecule has 0 aliphatic carbocycles. The van der Waals surface area contributed by atoms with Gasteiger partial charge in [-0.1, -0.05) is 12.1 Å². The molecule has 1 aromatic carbocycles. The van der Waals surface area contributed by atoms with E-state index in [9.17, 15) is 4.79 Å². The zero-order valence-electron chi connectivity index (χ0n) is 7.04. The van der Waals surface area contributed by atoms with Crippen molar-refractivity contribution in [2.75, 3.05) is 7.11 Å². The third-order valence-corrected chi connectivity index (χ3v) is 1.65. The van der Waals surface area contributed by atoms with Crippen molar-refractivity contribution in [3.8, 4) is 5.75 Å². The Labute approximate surface area is 72.2 Å². The fraction of sp³-hybridized carbons (Fsp3) is 0.300. The van der Waals surface area contributed by atoms with Crippen molar-refractivity contribution in [2.24, 2.45) is 0 Å². The molecule has 63 valence electrons. The standard InChI is InChI=1S/C10H11O2/c1-12-10-6-2-4-9(8-10)5-3-7-11/h2,4,6,8H,3,5H2,1H3. The molecule has 0 saturated carbocycles. The fourth-order valence-corrected chi connectivity index (χ4v) is 1.02. The van der Waals surface area contributed by atoms with E-state index < -0.39 is 0 Å². The highest BCUT2D eigenvalue weighted by molar-refractivity contribution is 5.51. The minimum Gasteiger partial charge on any atom is -0.497 e. The van der Waals surface area contributed by atoms with E-state index in [1.807, 2.05) is 30.6 Å². The average Bonchev–Trinajstić information content (AvgIpc) is 2.15. The van der Waals surface area contributed by atoms with Crippen molar-refractivity contribution < 1.29 is 9.53 Å². The minimum absolute atomic E-state index is 0.452. The molecule has 0 amide bonds. The maximum absolute atomic E-state index is 9.98. The van der Waals surface area contributed by atoms with Gasteiger partial charge < -0.3 is 4.74 Å². The number of rotatable bonds is 4. The number of benzene rings is 1. The summed E-state index contributed by atoms with van der Waals surface area (Å²) in [6.07, 6.45) is 3.05. The van der Waals surface area contributed by atoms with Crippen molar-refractivity contribution in [1.29, 1.82) is 0 Å². The van der Waals surface area contributed by atoms with E-state index in [2.05, 4.69) is 0 Å². The highest BCUT2D eigenvalue weighted by Gasteiger charge is 1.94. The van der Waals surface area contributed by atoms with E-state index >= 15 is 0 Å². The quantitative estimate of drug-likeness (QED) is 0.675. The van der Waals surface area contributed by atoms with E-state index in [4.69, 9.17) is 4.74 Å². The van der Waals surface area contributed by atoms with Crippen LogP contribution < -0.4 is 4.74 Å². The summed E-state index contributed by atoms with van der Waals surface area (Å²) in [5.74, 6) is 0.832. The Balaban J connectivity index is 2.65. The lowest BCUT2D eigenvalue weighted by atomic mass is 10.1. The summed E-state index contributed by atoms with van der Waals surface area (Å²) in [5, 5.41) is 0. The van der Waals surface area contributed by atoms with Crippen LogP contribution in [0.15, 0.2) is 24.3 Å². The molecule has 1 aromatic rings. The summed E-state index contributed by atoms with van der Waals surface area (Å²) >= 11 is 0. The monoisotopic (exact) mass is 163 g/mol. The Bertz CT molecular complexity index is 256. The van der Waals surface area contributed by atoms with Gasteiger partial charge in [0, 0.05) is 6.42 Å². The van der Waals surface area contributed by atoms with Crippen LogP contribution in [-0.2, 0) is 11.2 Å². The van der Waals surface area contributed by atoms with Crippen LogP contribution in [0.2, 0.25) is 0 Å². The molecule has 0 fully saturated rings. The van der Waals surface area contributed by atoms with Crippen molar-refractivity contribution in [1.82, 2.24) is 0 Å². The van der Waals surface area contributed by atoms with Crippen molar-refractivity contribution >= 4 is 6.29 Å². The van der Waals surface area contributed by atoms with Gasteiger partial charge in [0.25, 0.3) is 0 Å². The second-order valence-electron chi connectivity index (χ2n) is 2.50. The summed E-state index contributed by atoms with van der Waals surface area (Å²) in [4.78, 5) is 9.98. The molecule has 0 heterocycles. The van der Waals surface area contributed by atoms with Gasteiger partial charge >= 0.3 is 0 Å². The zero-order chi connectivity index (χ0) is 8.81. The Hall–Kier alpha value is -1.31. The second-order valence-corrected chi connectivity index (χ2v) is 2.50. The molecule has 2 heteroatoms. The van der Waals surface area contributed by atoms with Crippen LogP contribution in [0.4, 0.5) is 0 Å². The van der Waals surface area contributed by atoms with Crippen molar-refractivity contribution in [2.45, 2.75) is 12.8 Å². The minimum atomic E-state index is 0.452. The first-order chi connectivity index (χ1) is 5.86. The van der Waals surface area contributed by atoms with Gasteiger partial charge in [-0.25, -0.2) is 0 Å². The van der Waals surface area contributed by atoms with E-state index in [0.717, 1.165) is 17.7 Å². The third-order valence-electron chi connectivity index (χ3n) is 1.65. The smallest absolute Gasteiger partial charge is 0.198 e. The molecule has 0 aliphatic rings. The fourth-order valence-electron chi connectivity index (χ4n) is 1.02. The SMILES string of the molecule is COc1cccc(CC[C]=O)c1. The molecule has 12 heavy (non-hydrogen) atoms. The van der Waals surface area contributed by atoms with Gasteiger partial charge in [0.05, 0.1) is 7.11 Å². The lowest BCUT2D eigenvalue weighted by Crippen LogP contribution is -1.88. The van der Waals surface area contributed by atoms with Gasteiger partial charge in [0.2, 0.25) is 0 Å². The largest absolute Gasteiger partial charge is 0.497 e. The molecule has 0 aliphatic heterocycles. The van der Waals surface area contributed by atoms with E-state index in [1.165, 1.54) is 0 Å². The van der Waals surface area contributed by atoms with E-state index in [-0.39, 0.29) is 0 Å². The molecular weight excluding hydrogens is 152 g/mol. The first-order valence-electron chi connectivity index (χ1n) is 3.84. The summed E-state index contributed by atoms with van der Waals surface area (Å²) in [7, 11) is 1.63. The van der Waals surface area contributed by atoms with Gasteiger partial charge in [-0.05, 0) is 24.1 Å². The first-order valence-corrected chi connectivity index (χ1v) is 3.84. The van der Waals surface area contributed by atoms with Gasteiger partial charge in [-0.3, -0.25) is 4.79 Å². The van der Waals surface area contributed by atoms with Crippen LogP contribution in [0, 0.1) is 0 Å². The average molecular weight is 163 g/mol. The molecule has 1 rings (SSSR count). The molecule has 0 atom stereocenters. The number of hydrogen-bond donors (Lipinski definition) is 0. The maximum Gasteiger partial charge on any atom is 0.198 e. The van der Waals surface area contributed by atoms with E-state index in [1.54, 1.807) is 7.11 Å². The van der Waals surface area contributed by atoms with Gasteiger partial charge in [0.15, 0.2) is 6.29 Å². The van der Waals surface area contributed by atoms with Gasteiger partial charge in [-0.2, -0.15) is 0 Å². The number of hydrogen-bond acceptors (Lipinski definition) is 2. The number of carbonyl (C=O) groups excluding carboxylic acids is 1. The predicted octanol–water partition coefficient (Wildman–Crippen LogP) is 1.74. The van der Waals surface area contributed by atoms with Crippen LogP contribution in [0.3, 0.4) is 0 Å². The molecule has 0 N–H and O–H groups in total. The zero-order valence-corrected chi connectivity index (χ0v) is 7.04. The normalized spacial score (nSPS) is 9.42. The summed E-state index contributed by atoms with van der Waals surface area (Å²) in [5.41, 5.74) is 1.11. The Morgan fingerprint density at radius 1 is 1.50 bits per heavy atom. The second kappa shape index (κ2) is 4.54. The maximum atomic E-state index is 9.98. The lowest BCUT2D eigenvalue weighted by molar-refractivity contribution is 0.414. The third kappa shape index (κ3) is 2.38. The predicted molar refractivity (Wildman–Crippen MR) is 47.0 cm³/mol. The summed E-state index contributed by atoms with van der Waals surface area (Å²) < 4.78 is 5.04. The molecule has 0 bridgehead atoms. The summed E-state index contributed by atoms with van der Waals surface area (Å²) in [6.45, 7) is 0. The van der Waals surface area contributed by atoms with Crippen LogP contribution in [0.1, 0.15) is 12.0 Å². The van der Waals surface area contributed by atoms with Gasteiger partial charge in [0.1, 0.15) is 5.75 Å². The van der Waals surface area contributed by atoms with Crippen LogP contribution in [0.5, 0.6) is 5.75 Å². The highest BCUT2D eigenvalue weighted by atomic mass is 16.5. The Morgan fingerprint density at radius 2 is 2.33 bits per heavy atom. The number of ether oxygens (including phenoxy) is 1. The molecule has 0 spiro atoms. The number of aryl methyl sites for hydroxylation is 1. The molecule has 0 saturated heterocycles. The molecule has 2 nitrogen and oxygen atoms in total. The molecule has 0 aromatic heterocycles. The summed E-state index contributed by atoms with van der Waals surface area (Å²) in [6, 6.07) is 7.70. The Morgan fingerprint density at radius 3 is 3.00 bits per heavy atom. The van der Waals surface area contributed by atoms with Gasteiger partial charge in [-0.15, -0.1) is 0 Å². The van der Waals surface area contributed by atoms with Crippen LogP contribution in [0.25, 0.3) is 0 Å². The molecule has 1 radical (unpaired) electrons. The topological polar surface area (TPSA) is 26.3 Å². The molecular formula is C10H11O2. The molecule has 0 unspecified atom stereocenters. The van der Waals surface area contributed by atoms with E-state index in [0.29, 0.717) is 6.42 Å². The first kappa shape index (κ1) is 8.78. The number of methoxy groups -OCH3 is 1. The van der Waals surface area contributed by atoms with Crippen molar-refractivity contribution in [3.05, 3.63) is 29.8 Å². The van der Waals surface area contributed by atoms with Crippen LogP contribution >= 0.6 is 0 Å². The Kier molecular flexibility index (Phi) is 3.33.